The Bertz CT molecular complexity index is 1660. The number of alkyl halides is 3. The van der Waals surface area contributed by atoms with Crippen molar-refractivity contribution in [3.8, 4) is 17.1 Å². The minimum absolute atomic E-state index is 0.0424. The fraction of sp³-hybridized carbons (Fsp3) is 0.500. The lowest BCUT2D eigenvalue weighted by Crippen LogP contribution is -2.39. The molecule has 3 N–H and O–H groups in total. The number of methoxy groups -OCH3 is 1. The van der Waals surface area contributed by atoms with E-state index in [-0.39, 0.29) is 67.3 Å². The number of fused-ring (bicyclic) bond motifs is 3. The monoisotopic (exact) mass is 671 g/mol. The predicted molar refractivity (Wildman–Crippen MR) is 170 cm³/mol. The highest BCUT2D eigenvalue weighted by Gasteiger charge is 2.36. The molecule has 2 aromatic heterocycles. The van der Waals surface area contributed by atoms with Crippen molar-refractivity contribution in [2.45, 2.75) is 51.2 Å². The molecule has 2 atom stereocenters. The second-order valence-corrected chi connectivity index (χ2v) is 12.3. The van der Waals surface area contributed by atoms with E-state index >= 15 is 4.39 Å². The summed E-state index contributed by atoms with van der Waals surface area (Å²) >= 11 is 7.44. The summed E-state index contributed by atoms with van der Waals surface area (Å²) in [6.07, 6.45) is 2.81. The summed E-state index contributed by atoms with van der Waals surface area (Å²) in [6.45, 7) is 5.21. The van der Waals surface area contributed by atoms with Gasteiger partial charge in [0.1, 0.15) is 23.3 Å². The van der Waals surface area contributed by atoms with Gasteiger partial charge in [0, 0.05) is 42.2 Å². The molecule has 0 spiro atoms. The van der Waals surface area contributed by atoms with E-state index in [0.29, 0.717) is 12.6 Å². The summed E-state index contributed by atoms with van der Waals surface area (Å²) in [5.74, 6) is -4.36. The molecule has 0 amide bonds. The fourth-order valence-electron chi connectivity index (χ4n) is 6.04. The Hall–Kier alpha value is -3.07. The lowest BCUT2D eigenvalue weighted by Gasteiger charge is -2.26. The first-order valence-electron chi connectivity index (χ1n) is 14.8. The molecule has 0 radical (unpaired) electrons. The van der Waals surface area contributed by atoms with Crippen LogP contribution in [0.1, 0.15) is 33.1 Å². The molecular weight excluding hydrogens is 637 g/mol. The Morgan fingerprint density at radius 2 is 1.91 bits per heavy atom. The van der Waals surface area contributed by atoms with Crippen LogP contribution in [0.15, 0.2) is 18.2 Å². The number of ether oxygens (including phenoxy) is 1. The molecule has 2 unspecified atom stereocenters. The number of anilines is 2. The molecule has 8 nitrogen and oxygen atoms in total. The third-order valence-corrected chi connectivity index (χ3v) is 9.12. The van der Waals surface area contributed by atoms with Gasteiger partial charge < -0.3 is 20.7 Å². The molecule has 3 saturated heterocycles. The third kappa shape index (κ3) is 6.88. The molecule has 3 fully saturated rings. The standard InChI is InChI=1S/C21H17ClF4N6OS.C7H12FN.C2H6/c1-33-20-30-15-10(18(31-20)32-5-4-28-7-21(25,26)8-32)6-11(22)13(14(15)24)9-2-3-12(23)17-16(9)29-19(27)34-17;8-6-4-7-2-1-3-9(7)5-6;1-2/h2-3,6,28H,4-5,7-8H2,1H3,(H2,27,29);6-7H,1-5H2;1-2H3. The molecule has 4 aromatic rings. The number of benzene rings is 2. The summed E-state index contributed by atoms with van der Waals surface area (Å²) in [4.78, 5) is 16.1. The van der Waals surface area contributed by atoms with Gasteiger partial charge in [-0.25, -0.2) is 26.9 Å². The van der Waals surface area contributed by atoms with Crippen LogP contribution in [-0.2, 0) is 0 Å². The summed E-state index contributed by atoms with van der Waals surface area (Å²) in [5.41, 5.74) is 5.88. The SMILES string of the molecule is CC.COc1nc(N2CCNCC(F)(F)C2)c2cc(Cl)c(-c3ccc(F)c4sc(N)nc34)c(F)c2n1.FC1CC2CCCN2C1. The first kappa shape index (κ1) is 33.3. The van der Waals surface area contributed by atoms with Crippen LogP contribution in [0, 0.1) is 11.6 Å². The van der Waals surface area contributed by atoms with Crippen LogP contribution in [0.25, 0.3) is 32.2 Å². The van der Waals surface area contributed by atoms with Gasteiger partial charge >= 0.3 is 6.01 Å². The van der Waals surface area contributed by atoms with E-state index in [1.807, 2.05) is 13.8 Å². The second-order valence-electron chi connectivity index (χ2n) is 10.9. The van der Waals surface area contributed by atoms with E-state index in [1.165, 1.54) is 43.1 Å². The van der Waals surface area contributed by atoms with Crippen molar-refractivity contribution in [2.75, 3.05) is 57.0 Å². The van der Waals surface area contributed by atoms with Crippen molar-refractivity contribution in [1.82, 2.24) is 25.2 Å². The minimum atomic E-state index is -3.03. The zero-order chi connectivity index (χ0) is 32.5. The molecule has 0 aliphatic carbocycles. The predicted octanol–water partition coefficient (Wildman–Crippen LogP) is 6.69. The summed E-state index contributed by atoms with van der Waals surface area (Å²) in [6, 6.07) is 4.35. The maximum atomic E-state index is 16.0. The molecule has 0 bridgehead atoms. The normalized spacial score (nSPS) is 21.1. The Labute approximate surface area is 266 Å². The van der Waals surface area contributed by atoms with E-state index in [1.54, 1.807) is 0 Å². The molecule has 15 heteroatoms. The first-order valence-corrected chi connectivity index (χ1v) is 16.0. The van der Waals surface area contributed by atoms with Crippen LogP contribution >= 0.6 is 22.9 Å². The van der Waals surface area contributed by atoms with Crippen molar-refractivity contribution in [3.05, 3.63) is 34.9 Å². The van der Waals surface area contributed by atoms with Gasteiger partial charge in [-0.15, -0.1) is 0 Å². The number of aromatic nitrogens is 3. The maximum Gasteiger partial charge on any atom is 0.318 e. The Kier molecular flexibility index (Phi) is 10.2. The molecule has 2 aromatic carbocycles. The van der Waals surface area contributed by atoms with Crippen molar-refractivity contribution in [3.63, 3.8) is 0 Å². The lowest BCUT2D eigenvalue weighted by molar-refractivity contribution is 0.0156. The van der Waals surface area contributed by atoms with Crippen LogP contribution in [0.5, 0.6) is 6.01 Å². The van der Waals surface area contributed by atoms with Gasteiger partial charge in [0.05, 0.1) is 35.4 Å². The zero-order valence-corrected chi connectivity index (χ0v) is 26.7. The maximum absolute atomic E-state index is 16.0. The van der Waals surface area contributed by atoms with Crippen molar-refractivity contribution in [2.24, 2.45) is 0 Å². The van der Waals surface area contributed by atoms with Crippen molar-refractivity contribution >= 4 is 55.0 Å². The van der Waals surface area contributed by atoms with Gasteiger partial charge in [0.25, 0.3) is 5.92 Å². The zero-order valence-electron chi connectivity index (χ0n) is 25.1. The number of thiazole rings is 1. The molecule has 244 valence electrons. The first-order chi connectivity index (χ1) is 21.5. The van der Waals surface area contributed by atoms with Crippen LogP contribution in [-0.4, -0.2) is 84.4 Å². The Morgan fingerprint density at radius 1 is 1.13 bits per heavy atom. The number of halogens is 6. The number of nitrogens with zero attached hydrogens (tertiary/aromatic N) is 5. The minimum Gasteiger partial charge on any atom is -0.467 e. The lowest BCUT2D eigenvalue weighted by atomic mass is 10.0. The summed E-state index contributed by atoms with van der Waals surface area (Å²) in [7, 11) is 1.29. The smallest absolute Gasteiger partial charge is 0.318 e. The average molecular weight is 672 g/mol. The molecular formula is C30H35ClF5N7OS. The van der Waals surface area contributed by atoms with Crippen LogP contribution in [0.4, 0.5) is 32.9 Å². The van der Waals surface area contributed by atoms with E-state index in [0.717, 1.165) is 24.3 Å². The largest absolute Gasteiger partial charge is 0.467 e. The molecule has 45 heavy (non-hydrogen) atoms. The van der Waals surface area contributed by atoms with Gasteiger partial charge in [0.15, 0.2) is 10.9 Å². The van der Waals surface area contributed by atoms with Crippen LogP contribution in [0.3, 0.4) is 0 Å². The molecule has 7 rings (SSSR count). The van der Waals surface area contributed by atoms with Crippen LogP contribution < -0.4 is 20.7 Å². The van der Waals surface area contributed by atoms with Gasteiger partial charge in [0.2, 0.25) is 0 Å². The molecule has 5 heterocycles. The Morgan fingerprint density at radius 3 is 2.64 bits per heavy atom. The van der Waals surface area contributed by atoms with E-state index < -0.39 is 36.8 Å². The molecule has 3 aliphatic rings. The summed E-state index contributed by atoms with van der Waals surface area (Å²) in [5, 5.41) is 2.89. The highest BCUT2D eigenvalue weighted by atomic mass is 35.5. The molecule has 0 saturated carbocycles. The second kappa shape index (κ2) is 13.7. The van der Waals surface area contributed by atoms with Gasteiger partial charge in [-0.2, -0.15) is 9.97 Å². The van der Waals surface area contributed by atoms with Crippen molar-refractivity contribution in [1.29, 1.82) is 0 Å². The third-order valence-electron chi connectivity index (χ3n) is 7.93. The van der Waals surface area contributed by atoms with Crippen LogP contribution in [0.2, 0.25) is 5.02 Å². The average Bonchev–Trinajstić information content (AvgIpc) is 3.68. The van der Waals surface area contributed by atoms with Gasteiger partial charge in [-0.05, 0) is 44.0 Å². The van der Waals surface area contributed by atoms with E-state index in [4.69, 9.17) is 22.1 Å². The fourth-order valence-corrected chi connectivity index (χ4v) is 7.10. The topological polar surface area (TPSA) is 92.4 Å². The molecule has 3 aliphatic heterocycles. The van der Waals surface area contributed by atoms with E-state index in [2.05, 4.69) is 25.2 Å². The highest BCUT2D eigenvalue weighted by molar-refractivity contribution is 7.22. The van der Waals surface area contributed by atoms with E-state index in [9.17, 15) is 17.6 Å². The van der Waals surface area contributed by atoms with Gasteiger partial charge in [-0.1, -0.05) is 36.8 Å². The number of hydrogen-bond donors (Lipinski definition) is 2. The number of rotatable bonds is 3. The number of nitrogens with two attached hydrogens (primary N) is 1. The highest BCUT2D eigenvalue weighted by Crippen LogP contribution is 2.43. The number of nitrogens with one attached hydrogen (secondary N) is 1. The summed E-state index contributed by atoms with van der Waals surface area (Å²) < 4.78 is 76.7. The van der Waals surface area contributed by atoms with Crippen molar-refractivity contribution < 1.29 is 26.7 Å². The Balaban J connectivity index is 0.000000307. The quantitative estimate of drug-likeness (QED) is 0.233. The number of nitrogen functional groups attached to an aromatic ring is 1. The van der Waals surface area contributed by atoms with Gasteiger partial charge in [-0.3, -0.25) is 4.90 Å². The number of hydrogen-bond acceptors (Lipinski definition) is 9.